The van der Waals surface area contributed by atoms with Gasteiger partial charge in [-0.15, -0.1) is 0 Å². The maximum Gasteiger partial charge on any atom is 0.126 e. The number of methoxy groups -OCH3 is 1. The van der Waals surface area contributed by atoms with Crippen LogP contribution in [0.5, 0.6) is 0 Å². The molecule has 18 heavy (non-hydrogen) atoms. The number of rotatable bonds is 5. The number of nitrogens with one attached hydrogen (secondary N) is 1. The highest BCUT2D eigenvalue weighted by atomic mass is 19.1. The molecule has 0 aliphatic heterocycles. The van der Waals surface area contributed by atoms with Crippen LogP contribution >= 0.6 is 0 Å². The molecule has 0 aromatic heterocycles. The van der Waals surface area contributed by atoms with Gasteiger partial charge in [-0.1, -0.05) is 31.0 Å². The van der Waals surface area contributed by atoms with E-state index in [0.717, 1.165) is 31.4 Å². The zero-order valence-electron chi connectivity index (χ0n) is 11.0. The summed E-state index contributed by atoms with van der Waals surface area (Å²) in [5.41, 5.74) is 0.787. The fraction of sp³-hybridized carbons (Fsp3) is 0.600. The van der Waals surface area contributed by atoms with Gasteiger partial charge in [-0.2, -0.15) is 0 Å². The first-order chi connectivity index (χ1) is 8.81. The Morgan fingerprint density at radius 2 is 2.06 bits per heavy atom. The van der Waals surface area contributed by atoms with Crippen LogP contribution in [0.2, 0.25) is 0 Å². The van der Waals surface area contributed by atoms with Crippen LogP contribution in [0.3, 0.4) is 0 Å². The molecule has 2 atom stereocenters. The largest absolute Gasteiger partial charge is 0.380 e. The topological polar surface area (TPSA) is 21.3 Å². The molecule has 0 saturated heterocycles. The summed E-state index contributed by atoms with van der Waals surface area (Å²) in [6.07, 6.45) is 5.86. The molecule has 2 rings (SSSR count). The highest BCUT2D eigenvalue weighted by Crippen LogP contribution is 2.20. The van der Waals surface area contributed by atoms with E-state index in [1.807, 2.05) is 12.1 Å². The molecule has 1 aromatic rings. The Hall–Kier alpha value is -0.930. The SMILES string of the molecule is CO[C@H]1CCCC[C@H]1NCCc1ccccc1F. The lowest BCUT2D eigenvalue weighted by molar-refractivity contribution is 0.0421. The summed E-state index contributed by atoms with van der Waals surface area (Å²) in [6.45, 7) is 0.811. The molecule has 2 nitrogen and oxygen atoms in total. The molecule has 1 saturated carbocycles. The van der Waals surface area contributed by atoms with E-state index in [4.69, 9.17) is 4.74 Å². The molecule has 1 aromatic carbocycles. The van der Waals surface area contributed by atoms with Crippen molar-refractivity contribution in [3.05, 3.63) is 35.6 Å². The van der Waals surface area contributed by atoms with E-state index in [1.165, 1.54) is 18.9 Å². The monoisotopic (exact) mass is 251 g/mol. The minimum absolute atomic E-state index is 0.105. The molecule has 0 heterocycles. The molecule has 0 bridgehead atoms. The second-order valence-corrected chi connectivity index (χ2v) is 4.96. The highest BCUT2D eigenvalue weighted by molar-refractivity contribution is 5.17. The normalized spacial score (nSPS) is 24.1. The van der Waals surface area contributed by atoms with Crippen LogP contribution in [0, 0.1) is 5.82 Å². The third kappa shape index (κ3) is 3.53. The Morgan fingerprint density at radius 3 is 2.83 bits per heavy atom. The lowest BCUT2D eigenvalue weighted by Crippen LogP contribution is -2.43. The molecule has 1 aliphatic carbocycles. The first-order valence-corrected chi connectivity index (χ1v) is 6.81. The molecule has 1 fully saturated rings. The number of ether oxygens (including phenoxy) is 1. The van der Waals surface area contributed by atoms with Gasteiger partial charge in [-0.05, 0) is 37.4 Å². The van der Waals surface area contributed by atoms with E-state index in [9.17, 15) is 4.39 Å². The highest BCUT2D eigenvalue weighted by Gasteiger charge is 2.23. The summed E-state index contributed by atoms with van der Waals surface area (Å²) in [7, 11) is 1.78. The van der Waals surface area contributed by atoms with E-state index in [0.29, 0.717) is 12.1 Å². The van der Waals surface area contributed by atoms with Crippen LogP contribution < -0.4 is 5.32 Å². The van der Waals surface area contributed by atoms with Crippen molar-refractivity contribution in [1.82, 2.24) is 5.32 Å². The minimum atomic E-state index is -0.105. The van der Waals surface area contributed by atoms with Crippen LogP contribution in [0.15, 0.2) is 24.3 Å². The van der Waals surface area contributed by atoms with Crippen molar-refractivity contribution in [2.75, 3.05) is 13.7 Å². The first-order valence-electron chi connectivity index (χ1n) is 6.81. The van der Waals surface area contributed by atoms with Crippen LogP contribution in [0.4, 0.5) is 4.39 Å². The minimum Gasteiger partial charge on any atom is -0.380 e. The van der Waals surface area contributed by atoms with Gasteiger partial charge in [-0.3, -0.25) is 0 Å². The van der Waals surface area contributed by atoms with Crippen molar-refractivity contribution >= 4 is 0 Å². The van der Waals surface area contributed by atoms with E-state index < -0.39 is 0 Å². The van der Waals surface area contributed by atoms with Gasteiger partial charge in [0.2, 0.25) is 0 Å². The second-order valence-electron chi connectivity index (χ2n) is 4.96. The molecular weight excluding hydrogens is 229 g/mol. The van der Waals surface area contributed by atoms with Gasteiger partial charge in [0.15, 0.2) is 0 Å². The molecule has 1 N–H and O–H groups in total. The third-order valence-electron chi connectivity index (χ3n) is 3.76. The fourth-order valence-electron chi connectivity index (χ4n) is 2.71. The average molecular weight is 251 g/mol. The van der Waals surface area contributed by atoms with Crippen molar-refractivity contribution in [2.45, 2.75) is 44.2 Å². The fourth-order valence-corrected chi connectivity index (χ4v) is 2.71. The Kier molecular flexibility index (Phi) is 5.14. The Balaban J connectivity index is 1.79. The summed E-state index contributed by atoms with van der Waals surface area (Å²) in [5, 5.41) is 3.51. The lowest BCUT2D eigenvalue weighted by atomic mass is 9.92. The van der Waals surface area contributed by atoms with Crippen molar-refractivity contribution < 1.29 is 9.13 Å². The van der Waals surface area contributed by atoms with Gasteiger partial charge >= 0.3 is 0 Å². The van der Waals surface area contributed by atoms with Crippen LogP contribution in [0.25, 0.3) is 0 Å². The smallest absolute Gasteiger partial charge is 0.126 e. The molecule has 3 heteroatoms. The van der Waals surface area contributed by atoms with Crippen molar-refractivity contribution in [1.29, 1.82) is 0 Å². The summed E-state index contributed by atoms with van der Waals surface area (Å²) < 4.78 is 18.9. The summed E-state index contributed by atoms with van der Waals surface area (Å²) >= 11 is 0. The standard InChI is InChI=1S/C15H22FNO/c1-18-15-9-5-4-8-14(15)17-11-10-12-6-2-3-7-13(12)16/h2-3,6-7,14-15,17H,4-5,8-11H2,1H3/t14-,15+/m1/s1. The number of halogens is 1. The van der Waals surface area contributed by atoms with Crippen molar-refractivity contribution in [3.63, 3.8) is 0 Å². The van der Waals surface area contributed by atoms with Gasteiger partial charge in [-0.25, -0.2) is 4.39 Å². The zero-order valence-corrected chi connectivity index (χ0v) is 11.0. The third-order valence-corrected chi connectivity index (χ3v) is 3.76. The van der Waals surface area contributed by atoms with Crippen LogP contribution in [0.1, 0.15) is 31.2 Å². The Bertz CT molecular complexity index is 369. The molecule has 100 valence electrons. The van der Waals surface area contributed by atoms with Crippen molar-refractivity contribution in [2.24, 2.45) is 0 Å². The van der Waals surface area contributed by atoms with Gasteiger partial charge in [0.1, 0.15) is 5.82 Å². The maximum absolute atomic E-state index is 13.4. The van der Waals surface area contributed by atoms with Crippen LogP contribution in [-0.4, -0.2) is 25.8 Å². The van der Waals surface area contributed by atoms with Gasteiger partial charge in [0.25, 0.3) is 0 Å². The Labute approximate surface area is 109 Å². The van der Waals surface area contributed by atoms with Crippen molar-refractivity contribution in [3.8, 4) is 0 Å². The van der Waals surface area contributed by atoms with E-state index in [1.54, 1.807) is 13.2 Å². The van der Waals surface area contributed by atoms with E-state index in [-0.39, 0.29) is 5.82 Å². The predicted molar refractivity (Wildman–Crippen MR) is 71.2 cm³/mol. The summed E-state index contributed by atoms with van der Waals surface area (Å²) in [5.74, 6) is -0.105. The summed E-state index contributed by atoms with van der Waals surface area (Å²) in [4.78, 5) is 0. The molecule has 0 unspecified atom stereocenters. The molecular formula is C15H22FNO. The molecule has 0 spiro atoms. The molecule has 0 radical (unpaired) electrons. The summed E-state index contributed by atoms with van der Waals surface area (Å²) in [6, 6.07) is 7.42. The molecule has 0 amide bonds. The van der Waals surface area contributed by atoms with E-state index in [2.05, 4.69) is 5.32 Å². The lowest BCUT2D eigenvalue weighted by Gasteiger charge is -2.31. The van der Waals surface area contributed by atoms with Crippen LogP contribution in [-0.2, 0) is 11.2 Å². The Morgan fingerprint density at radius 1 is 1.28 bits per heavy atom. The maximum atomic E-state index is 13.4. The number of hydrogen-bond acceptors (Lipinski definition) is 2. The predicted octanol–water partition coefficient (Wildman–Crippen LogP) is 2.92. The quantitative estimate of drug-likeness (QED) is 0.868. The molecule has 1 aliphatic rings. The average Bonchev–Trinajstić information content (AvgIpc) is 2.41. The second kappa shape index (κ2) is 6.86. The number of hydrogen-bond donors (Lipinski definition) is 1. The van der Waals surface area contributed by atoms with Gasteiger partial charge in [0, 0.05) is 13.2 Å². The van der Waals surface area contributed by atoms with E-state index >= 15 is 0 Å². The first kappa shape index (κ1) is 13.5. The zero-order chi connectivity index (χ0) is 12.8. The van der Waals surface area contributed by atoms with Gasteiger partial charge < -0.3 is 10.1 Å². The van der Waals surface area contributed by atoms with Gasteiger partial charge in [0.05, 0.1) is 6.10 Å². The number of benzene rings is 1.